The van der Waals surface area contributed by atoms with Gasteiger partial charge in [0, 0.05) is 6.42 Å². The van der Waals surface area contributed by atoms with Crippen molar-refractivity contribution in [2.24, 2.45) is 0 Å². The van der Waals surface area contributed by atoms with E-state index in [4.69, 9.17) is 16.3 Å². The molecule has 2 atom stereocenters. The molecule has 0 bridgehead atoms. The van der Waals surface area contributed by atoms with Crippen molar-refractivity contribution in [1.29, 1.82) is 0 Å². The Morgan fingerprint density at radius 3 is 2.91 bits per heavy atom. The van der Waals surface area contributed by atoms with Gasteiger partial charge in [0.2, 0.25) is 0 Å². The van der Waals surface area contributed by atoms with Gasteiger partial charge in [-0.2, -0.15) is 0 Å². The Hall–Kier alpha value is -1.01. The SMILES string of the molecule is C#CCC1CC[C@H](C(=O)O)O1. The molecule has 0 aromatic heterocycles. The van der Waals surface area contributed by atoms with Gasteiger partial charge in [-0.1, -0.05) is 0 Å². The van der Waals surface area contributed by atoms with Crippen molar-refractivity contribution in [3.63, 3.8) is 0 Å². The summed E-state index contributed by atoms with van der Waals surface area (Å²) in [7, 11) is 0. The van der Waals surface area contributed by atoms with E-state index in [1.54, 1.807) is 0 Å². The molecule has 1 rings (SSSR count). The zero-order valence-electron chi connectivity index (χ0n) is 6.12. The van der Waals surface area contributed by atoms with Crippen LogP contribution in [0.3, 0.4) is 0 Å². The van der Waals surface area contributed by atoms with Gasteiger partial charge in [0.15, 0.2) is 6.10 Å². The summed E-state index contributed by atoms with van der Waals surface area (Å²) < 4.78 is 5.12. The van der Waals surface area contributed by atoms with Crippen molar-refractivity contribution in [1.82, 2.24) is 0 Å². The fourth-order valence-corrected chi connectivity index (χ4v) is 1.17. The molecule has 0 aliphatic carbocycles. The molecule has 1 heterocycles. The number of hydrogen-bond acceptors (Lipinski definition) is 2. The van der Waals surface area contributed by atoms with Crippen molar-refractivity contribution < 1.29 is 14.6 Å². The minimum atomic E-state index is -0.885. The number of carboxylic acid groups (broad SMARTS) is 1. The number of carbonyl (C=O) groups is 1. The molecule has 1 unspecified atom stereocenters. The standard InChI is InChI=1S/C8H10O3/c1-2-3-6-4-5-7(11-6)8(9)10/h1,6-7H,3-5H2,(H,9,10)/t6?,7-/m1/s1. The van der Waals surface area contributed by atoms with E-state index in [9.17, 15) is 4.79 Å². The van der Waals surface area contributed by atoms with Crippen LogP contribution >= 0.6 is 0 Å². The van der Waals surface area contributed by atoms with Crippen LogP contribution in [-0.2, 0) is 9.53 Å². The average Bonchev–Trinajstić information content (AvgIpc) is 2.37. The van der Waals surface area contributed by atoms with Crippen LogP contribution in [0.5, 0.6) is 0 Å². The van der Waals surface area contributed by atoms with Crippen molar-refractivity contribution >= 4 is 5.97 Å². The molecule has 0 saturated carbocycles. The van der Waals surface area contributed by atoms with Crippen LogP contribution in [0.1, 0.15) is 19.3 Å². The van der Waals surface area contributed by atoms with Crippen molar-refractivity contribution in [3.05, 3.63) is 0 Å². The third-order valence-corrected chi connectivity index (χ3v) is 1.73. The van der Waals surface area contributed by atoms with E-state index in [0.29, 0.717) is 12.8 Å². The molecule has 1 N–H and O–H groups in total. The monoisotopic (exact) mass is 154 g/mol. The average molecular weight is 154 g/mol. The van der Waals surface area contributed by atoms with Gasteiger partial charge in [-0.3, -0.25) is 0 Å². The van der Waals surface area contributed by atoms with Crippen molar-refractivity contribution in [2.75, 3.05) is 0 Å². The zero-order chi connectivity index (χ0) is 8.27. The number of rotatable bonds is 2. The lowest BCUT2D eigenvalue weighted by atomic mass is 10.1. The molecule has 11 heavy (non-hydrogen) atoms. The summed E-state index contributed by atoms with van der Waals surface area (Å²) in [6.45, 7) is 0. The first-order valence-electron chi connectivity index (χ1n) is 3.55. The van der Waals surface area contributed by atoms with Crippen molar-refractivity contribution in [2.45, 2.75) is 31.5 Å². The number of terminal acetylenes is 1. The Labute approximate surface area is 65.4 Å². The van der Waals surface area contributed by atoms with E-state index in [1.807, 2.05) is 0 Å². The maximum atomic E-state index is 10.4. The number of carboxylic acids is 1. The van der Waals surface area contributed by atoms with Gasteiger partial charge in [0.05, 0.1) is 6.10 Å². The molecule has 1 fully saturated rings. The first-order chi connectivity index (χ1) is 5.24. The third kappa shape index (κ3) is 1.95. The lowest BCUT2D eigenvalue weighted by molar-refractivity contribution is -0.149. The number of ether oxygens (including phenoxy) is 1. The van der Waals surface area contributed by atoms with Crippen LogP contribution in [0.25, 0.3) is 0 Å². The largest absolute Gasteiger partial charge is 0.479 e. The summed E-state index contributed by atoms with van der Waals surface area (Å²) >= 11 is 0. The van der Waals surface area contributed by atoms with Gasteiger partial charge in [-0.25, -0.2) is 4.79 Å². The highest BCUT2D eigenvalue weighted by molar-refractivity contribution is 5.72. The summed E-state index contributed by atoms with van der Waals surface area (Å²) in [5, 5.41) is 8.52. The molecule has 1 aliphatic rings. The van der Waals surface area contributed by atoms with Gasteiger partial charge >= 0.3 is 5.97 Å². The molecule has 0 aromatic carbocycles. The summed E-state index contributed by atoms with van der Waals surface area (Å²) in [6, 6.07) is 0. The Morgan fingerprint density at radius 1 is 1.73 bits per heavy atom. The highest BCUT2D eigenvalue weighted by atomic mass is 16.5. The van der Waals surface area contributed by atoms with E-state index in [-0.39, 0.29) is 6.10 Å². The molecule has 0 amide bonds. The predicted molar refractivity (Wildman–Crippen MR) is 39.0 cm³/mol. The van der Waals surface area contributed by atoms with Crippen molar-refractivity contribution in [3.8, 4) is 12.3 Å². The van der Waals surface area contributed by atoms with Gasteiger partial charge in [-0.15, -0.1) is 12.3 Å². The quantitative estimate of drug-likeness (QED) is 0.594. The van der Waals surface area contributed by atoms with Gasteiger partial charge in [-0.05, 0) is 12.8 Å². The van der Waals surface area contributed by atoms with Crippen LogP contribution < -0.4 is 0 Å². The maximum absolute atomic E-state index is 10.4. The molecule has 3 heteroatoms. The van der Waals surface area contributed by atoms with E-state index >= 15 is 0 Å². The molecular weight excluding hydrogens is 144 g/mol. The van der Waals surface area contributed by atoms with E-state index < -0.39 is 12.1 Å². The van der Waals surface area contributed by atoms with Crippen LogP contribution in [-0.4, -0.2) is 23.3 Å². The second kappa shape index (κ2) is 3.40. The smallest absolute Gasteiger partial charge is 0.332 e. The lowest BCUT2D eigenvalue weighted by Gasteiger charge is -2.06. The first-order valence-corrected chi connectivity index (χ1v) is 3.55. The van der Waals surface area contributed by atoms with E-state index in [2.05, 4.69) is 5.92 Å². The molecule has 0 spiro atoms. The van der Waals surface area contributed by atoms with Crippen LogP contribution in [0.15, 0.2) is 0 Å². The third-order valence-electron chi connectivity index (χ3n) is 1.73. The summed E-state index contributed by atoms with van der Waals surface area (Å²) in [5.41, 5.74) is 0. The molecule has 0 aromatic rings. The molecule has 1 aliphatic heterocycles. The van der Waals surface area contributed by atoms with E-state index in [1.165, 1.54) is 0 Å². The van der Waals surface area contributed by atoms with Gasteiger partial charge < -0.3 is 9.84 Å². The Bertz CT molecular complexity index is 192. The Kier molecular flexibility index (Phi) is 2.50. The first kappa shape index (κ1) is 8.09. The number of hydrogen-bond donors (Lipinski definition) is 1. The van der Waals surface area contributed by atoms with Gasteiger partial charge in [0.25, 0.3) is 0 Å². The fraction of sp³-hybridized carbons (Fsp3) is 0.625. The Balaban J connectivity index is 2.36. The Morgan fingerprint density at radius 2 is 2.45 bits per heavy atom. The maximum Gasteiger partial charge on any atom is 0.332 e. The van der Waals surface area contributed by atoms with Crippen LogP contribution in [0.4, 0.5) is 0 Å². The minimum Gasteiger partial charge on any atom is -0.479 e. The zero-order valence-corrected chi connectivity index (χ0v) is 6.12. The minimum absolute atomic E-state index is 0.0406. The summed E-state index contributed by atoms with van der Waals surface area (Å²) in [6.07, 6.45) is 6.25. The summed E-state index contributed by atoms with van der Waals surface area (Å²) in [4.78, 5) is 10.4. The molecule has 3 nitrogen and oxygen atoms in total. The molecule has 60 valence electrons. The topological polar surface area (TPSA) is 46.5 Å². The fourth-order valence-electron chi connectivity index (χ4n) is 1.17. The lowest BCUT2D eigenvalue weighted by Crippen LogP contribution is -2.20. The highest BCUT2D eigenvalue weighted by Crippen LogP contribution is 2.21. The van der Waals surface area contributed by atoms with E-state index in [0.717, 1.165) is 6.42 Å². The highest BCUT2D eigenvalue weighted by Gasteiger charge is 2.29. The number of aliphatic carboxylic acids is 1. The molecule has 1 saturated heterocycles. The second-order valence-corrected chi connectivity index (χ2v) is 2.57. The van der Waals surface area contributed by atoms with Crippen LogP contribution in [0, 0.1) is 12.3 Å². The predicted octanol–water partition coefficient (Wildman–Crippen LogP) is 0.642. The second-order valence-electron chi connectivity index (χ2n) is 2.57. The van der Waals surface area contributed by atoms with Gasteiger partial charge in [0.1, 0.15) is 0 Å². The molecule has 0 radical (unpaired) electrons. The molecular formula is C8H10O3. The normalized spacial score (nSPS) is 29.7. The summed E-state index contributed by atoms with van der Waals surface area (Å²) in [5.74, 6) is 1.57. The van der Waals surface area contributed by atoms with Crippen LogP contribution in [0.2, 0.25) is 0 Å².